The Hall–Kier alpha value is -2.63. The first-order valence-corrected chi connectivity index (χ1v) is 6.70. The Bertz CT molecular complexity index is 781. The molecule has 0 aliphatic heterocycles. The second-order valence-electron chi connectivity index (χ2n) is 4.81. The summed E-state index contributed by atoms with van der Waals surface area (Å²) in [5.41, 5.74) is 4.77. The summed E-state index contributed by atoms with van der Waals surface area (Å²) in [7, 11) is 3.53. The van der Waals surface area contributed by atoms with E-state index in [1.54, 1.807) is 24.2 Å². The van der Waals surface area contributed by atoms with Gasteiger partial charge in [0.15, 0.2) is 0 Å². The van der Waals surface area contributed by atoms with Gasteiger partial charge in [-0.2, -0.15) is 5.10 Å². The largest absolute Gasteiger partial charge is 0.481 e. The van der Waals surface area contributed by atoms with Crippen LogP contribution in [0.3, 0.4) is 0 Å². The molecule has 108 valence electrons. The van der Waals surface area contributed by atoms with Crippen molar-refractivity contribution in [2.24, 2.45) is 7.05 Å². The Morgan fingerprint density at radius 1 is 1.19 bits per heavy atom. The maximum atomic E-state index is 5.39. The minimum atomic E-state index is 0.647. The van der Waals surface area contributed by atoms with E-state index in [4.69, 9.17) is 4.74 Å². The maximum absolute atomic E-state index is 5.39. The molecular weight excluding hydrogens is 266 g/mol. The number of nitrogens with one attached hydrogen (secondary N) is 1. The highest BCUT2D eigenvalue weighted by molar-refractivity contribution is 5.78. The van der Waals surface area contributed by atoms with Crippen LogP contribution in [-0.2, 0) is 13.6 Å². The molecule has 6 nitrogen and oxygen atoms in total. The maximum Gasteiger partial charge on any atom is 0.216 e. The van der Waals surface area contributed by atoms with E-state index in [0.717, 1.165) is 33.9 Å². The normalized spacial score (nSPS) is 10.8. The SMILES string of the molecule is COc1c(CNc2ccc3nccnc3c2)c(C)nn1C. The summed E-state index contributed by atoms with van der Waals surface area (Å²) in [5.74, 6) is 0.778. The van der Waals surface area contributed by atoms with Crippen molar-refractivity contribution in [2.45, 2.75) is 13.5 Å². The molecule has 2 heterocycles. The molecule has 21 heavy (non-hydrogen) atoms. The molecule has 2 aromatic heterocycles. The quantitative estimate of drug-likeness (QED) is 0.796. The zero-order valence-electron chi connectivity index (χ0n) is 12.3. The molecular formula is C15H17N5O. The smallest absolute Gasteiger partial charge is 0.216 e. The van der Waals surface area contributed by atoms with Gasteiger partial charge in [0, 0.05) is 31.7 Å². The van der Waals surface area contributed by atoms with Gasteiger partial charge in [-0.1, -0.05) is 0 Å². The minimum absolute atomic E-state index is 0.647. The number of aromatic nitrogens is 4. The molecule has 0 aliphatic carbocycles. The van der Waals surface area contributed by atoms with Crippen molar-refractivity contribution in [3.63, 3.8) is 0 Å². The van der Waals surface area contributed by atoms with E-state index in [-0.39, 0.29) is 0 Å². The summed E-state index contributed by atoms with van der Waals surface area (Å²) in [6.45, 7) is 2.63. The standard InChI is InChI=1S/C15H17N5O/c1-10-12(15(21-3)20(2)19-10)9-18-11-4-5-13-14(8-11)17-7-6-16-13/h4-8,18H,9H2,1-3H3. The Morgan fingerprint density at radius 2 is 1.95 bits per heavy atom. The van der Waals surface area contributed by atoms with E-state index in [9.17, 15) is 0 Å². The van der Waals surface area contributed by atoms with E-state index in [2.05, 4.69) is 20.4 Å². The highest BCUT2D eigenvalue weighted by Gasteiger charge is 2.13. The number of benzene rings is 1. The average molecular weight is 283 g/mol. The molecule has 0 saturated carbocycles. The van der Waals surface area contributed by atoms with E-state index in [0.29, 0.717) is 6.54 Å². The van der Waals surface area contributed by atoms with Crippen LogP contribution in [-0.4, -0.2) is 26.9 Å². The van der Waals surface area contributed by atoms with Gasteiger partial charge in [-0.3, -0.25) is 9.97 Å². The first kappa shape index (κ1) is 13.4. The van der Waals surface area contributed by atoms with Crippen molar-refractivity contribution in [1.29, 1.82) is 0 Å². The van der Waals surface area contributed by atoms with Gasteiger partial charge in [0.05, 0.1) is 29.4 Å². The van der Waals surface area contributed by atoms with Crippen LogP contribution in [0.15, 0.2) is 30.6 Å². The topological polar surface area (TPSA) is 64.9 Å². The predicted molar refractivity (Wildman–Crippen MR) is 81.4 cm³/mol. The molecule has 0 fully saturated rings. The molecule has 0 spiro atoms. The van der Waals surface area contributed by atoms with Crippen molar-refractivity contribution in [3.8, 4) is 5.88 Å². The van der Waals surface area contributed by atoms with Gasteiger partial charge in [-0.15, -0.1) is 0 Å². The number of rotatable bonds is 4. The lowest BCUT2D eigenvalue weighted by Crippen LogP contribution is -2.03. The van der Waals surface area contributed by atoms with Crippen LogP contribution >= 0.6 is 0 Å². The van der Waals surface area contributed by atoms with Gasteiger partial charge in [-0.05, 0) is 25.1 Å². The lowest BCUT2D eigenvalue weighted by Gasteiger charge is -2.08. The number of methoxy groups -OCH3 is 1. The lowest BCUT2D eigenvalue weighted by atomic mass is 10.2. The summed E-state index contributed by atoms with van der Waals surface area (Å²) in [6, 6.07) is 5.94. The number of ether oxygens (including phenoxy) is 1. The van der Waals surface area contributed by atoms with Crippen LogP contribution in [0.1, 0.15) is 11.3 Å². The molecule has 3 rings (SSSR count). The highest BCUT2D eigenvalue weighted by Crippen LogP contribution is 2.23. The zero-order valence-corrected chi connectivity index (χ0v) is 12.3. The van der Waals surface area contributed by atoms with Gasteiger partial charge in [0.1, 0.15) is 0 Å². The number of fused-ring (bicyclic) bond motifs is 1. The zero-order chi connectivity index (χ0) is 14.8. The van der Waals surface area contributed by atoms with Gasteiger partial charge in [-0.25, -0.2) is 4.68 Å². The van der Waals surface area contributed by atoms with Crippen LogP contribution in [0.4, 0.5) is 5.69 Å². The van der Waals surface area contributed by atoms with Crippen molar-refractivity contribution in [3.05, 3.63) is 41.9 Å². The molecule has 0 atom stereocenters. The third kappa shape index (κ3) is 2.52. The van der Waals surface area contributed by atoms with Crippen LogP contribution < -0.4 is 10.1 Å². The molecule has 0 radical (unpaired) electrons. The monoisotopic (exact) mass is 283 g/mol. The van der Waals surface area contributed by atoms with Crippen LogP contribution in [0.2, 0.25) is 0 Å². The summed E-state index contributed by atoms with van der Waals surface area (Å²) >= 11 is 0. The summed E-state index contributed by atoms with van der Waals surface area (Å²) in [4.78, 5) is 8.57. The molecule has 6 heteroatoms. The number of hydrogen-bond donors (Lipinski definition) is 1. The highest BCUT2D eigenvalue weighted by atomic mass is 16.5. The summed E-state index contributed by atoms with van der Waals surface area (Å²) in [5, 5.41) is 7.75. The number of nitrogens with zero attached hydrogens (tertiary/aromatic N) is 4. The Labute approximate surface area is 122 Å². The summed E-state index contributed by atoms with van der Waals surface area (Å²) in [6.07, 6.45) is 3.39. The molecule has 0 unspecified atom stereocenters. The van der Waals surface area contributed by atoms with E-state index in [1.165, 1.54) is 0 Å². The van der Waals surface area contributed by atoms with Crippen molar-refractivity contribution < 1.29 is 4.74 Å². The van der Waals surface area contributed by atoms with Crippen molar-refractivity contribution in [2.75, 3.05) is 12.4 Å². The average Bonchev–Trinajstić information content (AvgIpc) is 2.78. The molecule has 0 aliphatic rings. The predicted octanol–water partition coefficient (Wildman–Crippen LogP) is 2.29. The first-order chi connectivity index (χ1) is 10.2. The fourth-order valence-electron chi connectivity index (χ4n) is 2.40. The van der Waals surface area contributed by atoms with Crippen LogP contribution in [0, 0.1) is 6.92 Å². The Morgan fingerprint density at radius 3 is 2.71 bits per heavy atom. The molecule has 1 aromatic carbocycles. The third-order valence-electron chi connectivity index (χ3n) is 3.42. The van der Waals surface area contributed by atoms with E-state index >= 15 is 0 Å². The Balaban J connectivity index is 1.83. The van der Waals surface area contributed by atoms with Gasteiger partial charge in [0.2, 0.25) is 5.88 Å². The van der Waals surface area contributed by atoms with E-state index in [1.807, 2.05) is 32.2 Å². The van der Waals surface area contributed by atoms with Gasteiger partial charge >= 0.3 is 0 Å². The third-order valence-corrected chi connectivity index (χ3v) is 3.42. The van der Waals surface area contributed by atoms with Crippen LogP contribution in [0.5, 0.6) is 5.88 Å². The first-order valence-electron chi connectivity index (χ1n) is 6.70. The fraction of sp³-hybridized carbons (Fsp3) is 0.267. The van der Waals surface area contributed by atoms with Gasteiger partial charge < -0.3 is 10.1 Å². The molecule has 0 amide bonds. The molecule has 3 aromatic rings. The molecule has 1 N–H and O–H groups in total. The second-order valence-corrected chi connectivity index (χ2v) is 4.81. The van der Waals surface area contributed by atoms with Crippen molar-refractivity contribution in [1.82, 2.24) is 19.7 Å². The van der Waals surface area contributed by atoms with Crippen LogP contribution in [0.25, 0.3) is 11.0 Å². The number of hydrogen-bond acceptors (Lipinski definition) is 5. The lowest BCUT2D eigenvalue weighted by molar-refractivity contribution is 0.370. The number of anilines is 1. The summed E-state index contributed by atoms with van der Waals surface area (Å²) < 4.78 is 7.14. The fourth-order valence-corrected chi connectivity index (χ4v) is 2.40. The Kier molecular flexibility index (Phi) is 3.43. The van der Waals surface area contributed by atoms with Crippen molar-refractivity contribution >= 4 is 16.7 Å². The molecule has 0 bridgehead atoms. The minimum Gasteiger partial charge on any atom is -0.481 e. The second kappa shape index (κ2) is 5.40. The molecule has 0 saturated heterocycles. The number of aryl methyl sites for hydroxylation is 2. The van der Waals surface area contributed by atoms with Gasteiger partial charge in [0.25, 0.3) is 0 Å². The van der Waals surface area contributed by atoms with E-state index < -0.39 is 0 Å².